The van der Waals surface area contributed by atoms with Gasteiger partial charge in [0.25, 0.3) is 5.91 Å². The second-order valence-corrected chi connectivity index (χ2v) is 6.31. The molecule has 3 amide bonds. The van der Waals surface area contributed by atoms with Crippen LogP contribution in [0.1, 0.15) is 35.7 Å². The van der Waals surface area contributed by atoms with Gasteiger partial charge in [0, 0.05) is 34.6 Å². The lowest BCUT2D eigenvalue weighted by Gasteiger charge is -2.17. The maximum absolute atomic E-state index is 12.5. The number of hydrogen-bond donors (Lipinski definition) is 2. The molecule has 0 spiro atoms. The Kier molecular flexibility index (Phi) is 5.35. The van der Waals surface area contributed by atoms with Crippen LogP contribution >= 0.6 is 0 Å². The summed E-state index contributed by atoms with van der Waals surface area (Å²) in [5.41, 5.74) is 2.97. The van der Waals surface area contributed by atoms with Gasteiger partial charge in [-0.3, -0.25) is 19.3 Å². The highest BCUT2D eigenvalue weighted by Crippen LogP contribution is 2.30. The molecule has 0 radical (unpaired) electrons. The van der Waals surface area contributed by atoms with Crippen LogP contribution in [-0.2, 0) is 9.59 Å². The number of rotatable bonds is 6. The molecule has 1 aliphatic rings. The van der Waals surface area contributed by atoms with Crippen LogP contribution in [-0.4, -0.2) is 29.2 Å². The number of benzene rings is 2. The van der Waals surface area contributed by atoms with Crippen molar-refractivity contribution >= 4 is 34.8 Å². The third-order valence-electron chi connectivity index (χ3n) is 4.25. The Morgan fingerprint density at radius 1 is 0.963 bits per heavy atom. The van der Waals surface area contributed by atoms with Gasteiger partial charge in [-0.2, -0.15) is 0 Å². The SMILES string of the molecule is C=C1c2ccccc2C(=O)N1CC(=O)Nc1cccc(NC(=O)CCC)c1. The first-order valence-electron chi connectivity index (χ1n) is 8.79. The lowest BCUT2D eigenvalue weighted by Crippen LogP contribution is -2.32. The van der Waals surface area contributed by atoms with Gasteiger partial charge in [0.1, 0.15) is 6.54 Å². The molecule has 0 bridgehead atoms. The Labute approximate surface area is 157 Å². The quantitative estimate of drug-likeness (QED) is 0.825. The zero-order valence-corrected chi connectivity index (χ0v) is 15.1. The van der Waals surface area contributed by atoms with E-state index in [-0.39, 0.29) is 24.3 Å². The van der Waals surface area contributed by atoms with Crippen molar-refractivity contribution in [2.45, 2.75) is 19.8 Å². The maximum atomic E-state index is 12.5. The fourth-order valence-electron chi connectivity index (χ4n) is 2.97. The molecule has 0 aromatic heterocycles. The molecule has 1 aliphatic heterocycles. The van der Waals surface area contributed by atoms with Crippen LogP contribution in [0, 0.1) is 0 Å². The molecule has 2 N–H and O–H groups in total. The van der Waals surface area contributed by atoms with Crippen molar-refractivity contribution in [3.05, 3.63) is 66.2 Å². The van der Waals surface area contributed by atoms with Crippen LogP contribution in [0.2, 0.25) is 0 Å². The van der Waals surface area contributed by atoms with Crippen molar-refractivity contribution in [2.24, 2.45) is 0 Å². The predicted molar refractivity (Wildman–Crippen MR) is 105 cm³/mol. The minimum atomic E-state index is -0.339. The zero-order valence-electron chi connectivity index (χ0n) is 15.1. The largest absolute Gasteiger partial charge is 0.326 e. The van der Waals surface area contributed by atoms with E-state index in [9.17, 15) is 14.4 Å². The topological polar surface area (TPSA) is 78.5 Å². The maximum Gasteiger partial charge on any atom is 0.259 e. The fraction of sp³-hybridized carbons (Fsp3) is 0.190. The molecule has 2 aromatic carbocycles. The molecule has 1 heterocycles. The van der Waals surface area contributed by atoms with E-state index in [1.165, 1.54) is 4.90 Å². The van der Waals surface area contributed by atoms with Gasteiger partial charge in [0.2, 0.25) is 11.8 Å². The minimum absolute atomic E-state index is 0.0716. The van der Waals surface area contributed by atoms with Gasteiger partial charge >= 0.3 is 0 Å². The van der Waals surface area contributed by atoms with Crippen LogP contribution < -0.4 is 10.6 Å². The van der Waals surface area contributed by atoms with E-state index in [0.717, 1.165) is 12.0 Å². The highest BCUT2D eigenvalue weighted by Gasteiger charge is 2.31. The summed E-state index contributed by atoms with van der Waals surface area (Å²) < 4.78 is 0. The Hall–Kier alpha value is -3.41. The number of amides is 3. The Bertz CT molecular complexity index is 885. The molecular weight excluding hydrogens is 342 g/mol. The number of fused-ring (bicyclic) bond motifs is 1. The molecule has 0 unspecified atom stereocenters. The van der Waals surface area contributed by atoms with E-state index in [1.54, 1.807) is 36.4 Å². The molecule has 6 heteroatoms. The molecule has 0 atom stereocenters. The van der Waals surface area contributed by atoms with Crippen molar-refractivity contribution in [2.75, 3.05) is 17.2 Å². The van der Waals surface area contributed by atoms with E-state index < -0.39 is 0 Å². The minimum Gasteiger partial charge on any atom is -0.326 e. The molecular formula is C21H21N3O3. The number of carbonyl (C=O) groups excluding carboxylic acids is 3. The number of carbonyl (C=O) groups is 3. The molecule has 6 nitrogen and oxygen atoms in total. The van der Waals surface area contributed by atoms with Gasteiger partial charge in [-0.05, 0) is 30.7 Å². The number of nitrogens with one attached hydrogen (secondary N) is 2. The standard InChI is InChI=1S/C21H21N3O3/c1-3-7-19(25)22-15-8-6-9-16(12-15)23-20(26)13-24-14(2)17-10-4-5-11-18(17)21(24)27/h4-6,8-12H,2-3,7,13H2,1H3,(H,22,25)(H,23,26). The van der Waals surface area contributed by atoms with Crippen LogP contribution in [0.15, 0.2) is 55.1 Å². The van der Waals surface area contributed by atoms with Crippen molar-refractivity contribution in [1.29, 1.82) is 0 Å². The summed E-state index contributed by atoms with van der Waals surface area (Å²) in [5.74, 6) is -0.640. The summed E-state index contributed by atoms with van der Waals surface area (Å²) >= 11 is 0. The molecule has 138 valence electrons. The summed E-state index contributed by atoms with van der Waals surface area (Å²) in [4.78, 5) is 38.0. The van der Waals surface area contributed by atoms with Crippen molar-refractivity contribution in [3.63, 3.8) is 0 Å². The van der Waals surface area contributed by atoms with Gasteiger partial charge in [-0.1, -0.05) is 37.8 Å². The van der Waals surface area contributed by atoms with E-state index in [0.29, 0.717) is 29.1 Å². The van der Waals surface area contributed by atoms with Crippen LogP contribution in [0.3, 0.4) is 0 Å². The first-order valence-corrected chi connectivity index (χ1v) is 8.79. The first-order chi connectivity index (χ1) is 13.0. The Morgan fingerprint density at radius 2 is 1.59 bits per heavy atom. The van der Waals surface area contributed by atoms with Gasteiger partial charge in [-0.25, -0.2) is 0 Å². The van der Waals surface area contributed by atoms with E-state index in [2.05, 4.69) is 17.2 Å². The van der Waals surface area contributed by atoms with Crippen LogP contribution in [0.5, 0.6) is 0 Å². The van der Waals surface area contributed by atoms with Crippen molar-refractivity contribution < 1.29 is 14.4 Å². The summed E-state index contributed by atoms with van der Waals surface area (Å²) in [5, 5.41) is 5.54. The monoisotopic (exact) mass is 363 g/mol. The van der Waals surface area contributed by atoms with E-state index in [1.807, 2.05) is 19.1 Å². The van der Waals surface area contributed by atoms with Gasteiger partial charge in [-0.15, -0.1) is 0 Å². The average molecular weight is 363 g/mol. The molecule has 2 aromatic rings. The second kappa shape index (κ2) is 7.86. The summed E-state index contributed by atoms with van der Waals surface area (Å²) in [6.45, 7) is 5.74. The normalized spacial score (nSPS) is 12.7. The smallest absolute Gasteiger partial charge is 0.259 e. The van der Waals surface area contributed by atoms with E-state index >= 15 is 0 Å². The highest BCUT2D eigenvalue weighted by molar-refractivity contribution is 6.11. The fourth-order valence-corrected chi connectivity index (χ4v) is 2.97. The van der Waals surface area contributed by atoms with Crippen molar-refractivity contribution in [1.82, 2.24) is 4.90 Å². The number of anilines is 2. The summed E-state index contributed by atoms with van der Waals surface area (Å²) in [6, 6.07) is 14.1. The number of hydrogen-bond acceptors (Lipinski definition) is 3. The van der Waals surface area contributed by atoms with Gasteiger partial charge in [0.05, 0.1) is 0 Å². The molecule has 0 aliphatic carbocycles. The third kappa shape index (κ3) is 4.06. The van der Waals surface area contributed by atoms with Gasteiger partial charge in [0.15, 0.2) is 0 Å². The second-order valence-electron chi connectivity index (χ2n) is 6.31. The van der Waals surface area contributed by atoms with Crippen molar-refractivity contribution in [3.8, 4) is 0 Å². The molecule has 0 saturated heterocycles. The lowest BCUT2D eigenvalue weighted by molar-refractivity contribution is -0.117. The molecule has 3 rings (SSSR count). The Morgan fingerprint density at radius 3 is 2.22 bits per heavy atom. The predicted octanol–water partition coefficient (Wildman–Crippen LogP) is 3.49. The molecule has 27 heavy (non-hydrogen) atoms. The first kappa shape index (κ1) is 18.4. The summed E-state index contributed by atoms with van der Waals surface area (Å²) in [7, 11) is 0. The van der Waals surface area contributed by atoms with Crippen LogP contribution in [0.4, 0.5) is 11.4 Å². The zero-order chi connectivity index (χ0) is 19.4. The van der Waals surface area contributed by atoms with Gasteiger partial charge < -0.3 is 10.6 Å². The Balaban J connectivity index is 1.64. The lowest BCUT2D eigenvalue weighted by atomic mass is 10.1. The molecule has 0 fully saturated rings. The third-order valence-corrected chi connectivity index (χ3v) is 4.25. The number of nitrogens with zero attached hydrogens (tertiary/aromatic N) is 1. The van der Waals surface area contributed by atoms with Crippen LogP contribution in [0.25, 0.3) is 5.70 Å². The highest BCUT2D eigenvalue weighted by atomic mass is 16.2. The van der Waals surface area contributed by atoms with E-state index in [4.69, 9.17) is 0 Å². The molecule has 0 saturated carbocycles. The summed E-state index contributed by atoms with van der Waals surface area (Å²) in [6.07, 6.45) is 1.20. The average Bonchev–Trinajstić information content (AvgIpc) is 2.87.